The summed E-state index contributed by atoms with van der Waals surface area (Å²) in [7, 11) is 0. The van der Waals surface area contributed by atoms with Crippen LogP contribution < -0.4 is 5.32 Å². The fraction of sp³-hybridized carbons (Fsp3) is 0.625. The molecule has 0 spiro atoms. The molecule has 1 aliphatic carbocycles. The van der Waals surface area contributed by atoms with Crippen molar-refractivity contribution in [3.05, 3.63) is 23.9 Å². The van der Waals surface area contributed by atoms with Crippen molar-refractivity contribution in [1.29, 1.82) is 0 Å². The zero-order valence-corrected chi connectivity index (χ0v) is 12.1. The van der Waals surface area contributed by atoms with Crippen molar-refractivity contribution < 1.29 is 4.79 Å². The lowest BCUT2D eigenvalue weighted by molar-refractivity contribution is -0.129. The van der Waals surface area contributed by atoms with Gasteiger partial charge in [-0.1, -0.05) is 18.9 Å². The molecule has 0 bridgehead atoms. The van der Waals surface area contributed by atoms with Gasteiger partial charge in [0.15, 0.2) is 0 Å². The van der Waals surface area contributed by atoms with Crippen molar-refractivity contribution in [2.24, 2.45) is 0 Å². The summed E-state index contributed by atoms with van der Waals surface area (Å²) < 4.78 is 0. The smallest absolute Gasteiger partial charge is 0.219 e. The molecule has 2 heterocycles. The van der Waals surface area contributed by atoms with Gasteiger partial charge < -0.3 is 10.2 Å². The van der Waals surface area contributed by atoms with E-state index in [1.54, 1.807) is 6.92 Å². The first-order valence-corrected chi connectivity index (χ1v) is 7.74. The zero-order valence-electron chi connectivity index (χ0n) is 12.1. The number of amides is 1. The number of pyridine rings is 1. The predicted octanol–water partition coefficient (Wildman–Crippen LogP) is 3.12. The Kier molecular flexibility index (Phi) is 3.90. The van der Waals surface area contributed by atoms with E-state index < -0.39 is 0 Å². The van der Waals surface area contributed by atoms with Crippen molar-refractivity contribution in [3.63, 3.8) is 0 Å². The van der Waals surface area contributed by atoms with E-state index in [-0.39, 0.29) is 11.9 Å². The van der Waals surface area contributed by atoms with E-state index >= 15 is 0 Å². The van der Waals surface area contributed by atoms with Crippen LogP contribution in [0.25, 0.3) is 0 Å². The van der Waals surface area contributed by atoms with Gasteiger partial charge in [0.2, 0.25) is 5.91 Å². The van der Waals surface area contributed by atoms with Gasteiger partial charge in [-0.15, -0.1) is 0 Å². The van der Waals surface area contributed by atoms with E-state index in [0.29, 0.717) is 6.04 Å². The number of nitrogens with zero attached hydrogens (tertiary/aromatic N) is 2. The quantitative estimate of drug-likeness (QED) is 0.920. The predicted molar refractivity (Wildman–Crippen MR) is 79.5 cm³/mol. The van der Waals surface area contributed by atoms with Crippen LogP contribution in [0.4, 0.5) is 5.82 Å². The largest absolute Gasteiger partial charge is 0.367 e. The van der Waals surface area contributed by atoms with E-state index in [4.69, 9.17) is 0 Å². The summed E-state index contributed by atoms with van der Waals surface area (Å²) in [5.74, 6) is 1.13. The monoisotopic (exact) mass is 273 g/mol. The Bertz CT molecular complexity index is 465. The van der Waals surface area contributed by atoms with Gasteiger partial charge in [-0.05, 0) is 37.3 Å². The lowest BCUT2D eigenvalue weighted by Gasteiger charge is -2.23. The van der Waals surface area contributed by atoms with Gasteiger partial charge in [0, 0.05) is 25.7 Å². The maximum atomic E-state index is 11.6. The van der Waals surface area contributed by atoms with Crippen LogP contribution in [0.1, 0.15) is 57.1 Å². The molecule has 1 aromatic rings. The second-order valence-corrected chi connectivity index (χ2v) is 5.97. The van der Waals surface area contributed by atoms with Crippen LogP contribution in [-0.2, 0) is 4.79 Å². The first-order chi connectivity index (χ1) is 9.74. The Morgan fingerprint density at radius 2 is 2.05 bits per heavy atom. The molecule has 108 valence electrons. The minimum atomic E-state index is 0.167. The molecule has 1 N–H and O–H groups in total. The molecule has 1 amide bonds. The van der Waals surface area contributed by atoms with Gasteiger partial charge in [0.25, 0.3) is 0 Å². The molecule has 1 aromatic heterocycles. The Hall–Kier alpha value is -1.58. The van der Waals surface area contributed by atoms with Gasteiger partial charge in [-0.2, -0.15) is 0 Å². The number of likely N-dealkylation sites (tertiary alicyclic amines) is 1. The lowest BCUT2D eigenvalue weighted by atomic mass is 10.1. The van der Waals surface area contributed by atoms with E-state index in [1.807, 2.05) is 11.1 Å². The highest BCUT2D eigenvalue weighted by molar-refractivity contribution is 5.74. The van der Waals surface area contributed by atoms with E-state index in [0.717, 1.165) is 30.8 Å². The summed E-state index contributed by atoms with van der Waals surface area (Å²) in [6, 6.07) is 5.00. The molecule has 3 rings (SSSR count). The molecule has 1 aliphatic heterocycles. The highest BCUT2D eigenvalue weighted by atomic mass is 16.2. The van der Waals surface area contributed by atoms with Crippen molar-refractivity contribution in [3.8, 4) is 0 Å². The summed E-state index contributed by atoms with van der Waals surface area (Å²) in [6.45, 7) is 2.53. The third-order valence-corrected chi connectivity index (χ3v) is 4.54. The average molecular weight is 273 g/mol. The topological polar surface area (TPSA) is 45.2 Å². The number of aromatic nitrogens is 1. The van der Waals surface area contributed by atoms with Gasteiger partial charge in [0.1, 0.15) is 5.82 Å². The normalized spacial score (nSPS) is 23.2. The molecular weight excluding hydrogens is 250 g/mol. The van der Waals surface area contributed by atoms with E-state index in [1.165, 1.54) is 25.7 Å². The van der Waals surface area contributed by atoms with Crippen LogP contribution in [0, 0.1) is 0 Å². The fourth-order valence-corrected chi connectivity index (χ4v) is 3.46. The average Bonchev–Trinajstić information content (AvgIpc) is 3.10. The van der Waals surface area contributed by atoms with Crippen LogP contribution >= 0.6 is 0 Å². The molecule has 4 nitrogen and oxygen atoms in total. The maximum Gasteiger partial charge on any atom is 0.219 e. The Morgan fingerprint density at radius 1 is 1.25 bits per heavy atom. The Labute approximate surface area is 120 Å². The molecule has 0 aromatic carbocycles. The van der Waals surface area contributed by atoms with E-state index in [2.05, 4.69) is 22.4 Å². The zero-order chi connectivity index (χ0) is 13.9. The molecule has 1 atom stereocenters. The second kappa shape index (κ2) is 5.81. The van der Waals surface area contributed by atoms with Crippen molar-refractivity contribution >= 4 is 11.7 Å². The summed E-state index contributed by atoms with van der Waals surface area (Å²) in [6.07, 6.45) is 9.23. The van der Waals surface area contributed by atoms with Gasteiger partial charge in [-0.25, -0.2) is 4.98 Å². The minimum Gasteiger partial charge on any atom is -0.367 e. The van der Waals surface area contributed by atoms with Gasteiger partial charge in [0.05, 0.1) is 6.04 Å². The molecular formula is C16H23N3O. The second-order valence-electron chi connectivity index (χ2n) is 5.97. The number of carbonyl (C=O) groups excluding carboxylic acids is 1. The van der Waals surface area contributed by atoms with E-state index in [9.17, 15) is 4.79 Å². The van der Waals surface area contributed by atoms with Gasteiger partial charge in [-0.3, -0.25) is 4.79 Å². The van der Waals surface area contributed by atoms with Crippen molar-refractivity contribution in [1.82, 2.24) is 9.88 Å². The number of hydrogen-bond donors (Lipinski definition) is 1. The summed E-state index contributed by atoms with van der Waals surface area (Å²) >= 11 is 0. The standard InChI is InChI=1S/C16H23N3O/c1-12(20)19-10-4-7-15(19)13-8-9-16(17-11-13)18-14-5-2-3-6-14/h8-9,11,14-15H,2-7,10H2,1H3,(H,17,18). The van der Waals surface area contributed by atoms with Crippen molar-refractivity contribution in [2.75, 3.05) is 11.9 Å². The Morgan fingerprint density at radius 3 is 2.70 bits per heavy atom. The number of carbonyl (C=O) groups is 1. The minimum absolute atomic E-state index is 0.167. The highest BCUT2D eigenvalue weighted by Crippen LogP contribution is 2.32. The fourth-order valence-electron chi connectivity index (χ4n) is 3.46. The summed E-state index contributed by atoms with van der Waals surface area (Å²) in [5, 5.41) is 3.50. The molecule has 2 aliphatic rings. The molecule has 1 saturated carbocycles. The van der Waals surface area contributed by atoms with Crippen LogP contribution in [0.5, 0.6) is 0 Å². The number of nitrogens with one attached hydrogen (secondary N) is 1. The van der Waals surface area contributed by atoms with Crippen LogP contribution in [0.2, 0.25) is 0 Å². The maximum absolute atomic E-state index is 11.6. The van der Waals surface area contributed by atoms with Crippen LogP contribution in [0.15, 0.2) is 18.3 Å². The first-order valence-electron chi connectivity index (χ1n) is 7.74. The molecule has 1 saturated heterocycles. The van der Waals surface area contributed by atoms with Gasteiger partial charge >= 0.3 is 0 Å². The Balaban J connectivity index is 1.67. The molecule has 4 heteroatoms. The lowest BCUT2D eigenvalue weighted by Crippen LogP contribution is -2.28. The third-order valence-electron chi connectivity index (χ3n) is 4.54. The van der Waals surface area contributed by atoms with Crippen molar-refractivity contribution in [2.45, 2.75) is 57.5 Å². The molecule has 2 fully saturated rings. The number of rotatable bonds is 3. The van der Waals surface area contributed by atoms with Crippen LogP contribution in [-0.4, -0.2) is 28.4 Å². The number of anilines is 1. The SMILES string of the molecule is CC(=O)N1CCCC1c1ccc(NC2CCCC2)nc1. The highest BCUT2D eigenvalue weighted by Gasteiger charge is 2.28. The number of hydrogen-bond acceptors (Lipinski definition) is 3. The molecule has 1 unspecified atom stereocenters. The molecule has 20 heavy (non-hydrogen) atoms. The molecule has 0 radical (unpaired) electrons. The third kappa shape index (κ3) is 2.79. The summed E-state index contributed by atoms with van der Waals surface area (Å²) in [4.78, 5) is 18.1. The summed E-state index contributed by atoms with van der Waals surface area (Å²) in [5.41, 5.74) is 1.16. The first kappa shape index (κ1) is 13.4. The van der Waals surface area contributed by atoms with Crippen LogP contribution in [0.3, 0.4) is 0 Å².